The Balaban J connectivity index is 1.18. The number of aromatic amines is 1. The first-order chi connectivity index (χ1) is 14.1. The molecule has 3 unspecified atom stereocenters. The molecule has 29 heavy (non-hydrogen) atoms. The molecule has 7 nitrogen and oxygen atoms in total. The highest BCUT2D eigenvalue weighted by molar-refractivity contribution is 5.88. The first-order valence-electron chi connectivity index (χ1n) is 10.7. The molecule has 1 aliphatic carbocycles. The minimum atomic E-state index is -0.237. The fourth-order valence-electron chi connectivity index (χ4n) is 4.56. The van der Waals surface area contributed by atoms with Crippen molar-refractivity contribution in [3.05, 3.63) is 35.5 Å². The lowest BCUT2D eigenvalue weighted by atomic mass is 9.98. The standard InChI is InChI=1S/C22H31N5O2/c23-17-7-3-5-14(17)12-26-21(28)9-4-10-24-22(29)19-11-16-15-6-1-2-8-18(15)27-20(16)13-25-19/h1-2,6,8,14,17,19,25,27H,3-5,7,9-13,23H2,(H,24,29)(H,26,28). The molecule has 2 heterocycles. The molecule has 2 aromatic rings. The first-order valence-corrected chi connectivity index (χ1v) is 10.7. The second-order valence-corrected chi connectivity index (χ2v) is 8.32. The number of rotatable bonds is 7. The zero-order valence-corrected chi connectivity index (χ0v) is 16.8. The monoisotopic (exact) mass is 397 g/mol. The Labute approximate surface area is 171 Å². The van der Waals surface area contributed by atoms with Gasteiger partial charge in [-0.15, -0.1) is 0 Å². The van der Waals surface area contributed by atoms with Gasteiger partial charge in [0.05, 0.1) is 6.04 Å². The summed E-state index contributed by atoms with van der Waals surface area (Å²) < 4.78 is 0. The lowest BCUT2D eigenvalue weighted by Crippen LogP contribution is -2.47. The van der Waals surface area contributed by atoms with E-state index in [4.69, 9.17) is 5.73 Å². The van der Waals surface area contributed by atoms with Crippen molar-refractivity contribution in [2.75, 3.05) is 13.1 Å². The minimum Gasteiger partial charge on any atom is -0.357 e. The van der Waals surface area contributed by atoms with Gasteiger partial charge in [-0.25, -0.2) is 0 Å². The summed E-state index contributed by atoms with van der Waals surface area (Å²) in [7, 11) is 0. The molecule has 1 aromatic heterocycles. The number of amides is 2. The van der Waals surface area contributed by atoms with Crippen LogP contribution >= 0.6 is 0 Å². The normalized spacial score (nSPS) is 23.7. The zero-order chi connectivity index (χ0) is 20.2. The quantitative estimate of drug-likeness (QED) is 0.454. The van der Waals surface area contributed by atoms with Crippen LogP contribution in [0.5, 0.6) is 0 Å². The SMILES string of the molecule is NC1CCCC1CNC(=O)CCCNC(=O)C1Cc2c([nH]c3ccccc23)CN1. The number of carbonyl (C=O) groups is 2. The molecular weight excluding hydrogens is 366 g/mol. The second kappa shape index (κ2) is 8.97. The number of carbonyl (C=O) groups excluding carboxylic acids is 2. The van der Waals surface area contributed by atoms with E-state index in [-0.39, 0.29) is 23.9 Å². The molecule has 2 aliphatic rings. The highest BCUT2D eigenvalue weighted by atomic mass is 16.2. The molecule has 3 atom stereocenters. The van der Waals surface area contributed by atoms with Crippen molar-refractivity contribution >= 4 is 22.7 Å². The minimum absolute atomic E-state index is 0.00160. The third kappa shape index (κ3) is 4.62. The molecule has 2 amide bonds. The molecule has 0 radical (unpaired) electrons. The maximum absolute atomic E-state index is 12.5. The van der Waals surface area contributed by atoms with E-state index in [2.05, 4.69) is 33.1 Å². The highest BCUT2D eigenvalue weighted by Gasteiger charge is 2.27. The van der Waals surface area contributed by atoms with Crippen LogP contribution in [0.2, 0.25) is 0 Å². The van der Waals surface area contributed by atoms with Gasteiger partial charge in [0.1, 0.15) is 0 Å². The third-order valence-electron chi connectivity index (χ3n) is 6.31. The number of fused-ring (bicyclic) bond motifs is 3. The van der Waals surface area contributed by atoms with Gasteiger partial charge in [-0.05, 0) is 43.2 Å². The topological polar surface area (TPSA) is 112 Å². The van der Waals surface area contributed by atoms with E-state index in [0.29, 0.717) is 44.8 Å². The number of aromatic nitrogens is 1. The molecule has 6 N–H and O–H groups in total. The van der Waals surface area contributed by atoms with Gasteiger partial charge in [0.2, 0.25) is 11.8 Å². The van der Waals surface area contributed by atoms with E-state index >= 15 is 0 Å². The Morgan fingerprint density at radius 3 is 2.86 bits per heavy atom. The molecule has 156 valence electrons. The van der Waals surface area contributed by atoms with Gasteiger partial charge >= 0.3 is 0 Å². The predicted octanol–water partition coefficient (Wildman–Crippen LogP) is 1.32. The molecule has 4 rings (SSSR count). The van der Waals surface area contributed by atoms with Crippen molar-refractivity contribution in [2.45, 2.75) is 57.2 Å². The lowest BCUT2D eigenvalue weighted by Gasteiger charge is -2.23. The maximum Gasteiger partial charge on any atom is 0.237 e. The summed E-state index contributed by atoms with van der Waals surface area (Å²) in [6.45, 7) is 1.84. The summed E-state index contributed by atoms with van der Waals surface area (Å²) >= 11 is 0. The third-order valence-corrected chi connectivity index (χ3v) is 6.31. The molecule has 0 spiro atoms. The van der Waals surface area contributed by atoms with Gasteiger partial charge in [-0.2, -0.15) is 0 Å². The van der Waals surface area contributed by atoms with Crippen LogP contribution in [-0.4, -0.2) is 42.0 Å². The van der Waals surface area contributed by atoms with E-state index < -0.39 is 0 Å². The van der Waals surface area contributed by atoms with Gasteiger partial charge in [0, 0.05) is 48.7 Å². The first kappa shape index (κ1) is 19.9. The molecule has 1 aliphatic heterocycles. The zero-order valence-electron chi connectivity index (χ0n) is 16.8. The van der Waals surface area contributed by atoms with Crippen molar-refractivity contribution in [1.29, 1.82) is 0 Å². The number of para-hydroxylation sites is 1. The number of nitrogens with one attached hydrogen (secondary N) is 4. The summed E-state index contributed by atoms with van der Waals surface area (Å²) in [5, 5.41) is 10.5. The Hall–Kier alpha value is -2.38. The summed E-state index contributed by atoms with van der Waals surface area (Å²) in [5.41, 5.74) is 9.54. The van der Waals surface area contributed by atoms with Crippen molar-refractivity contribution in [3.63, 3.8) is 0 Å². The maximum atomic E-state index is 12.5. The van der Waals surface area contributed by atoms with E-state index in [1.165, 1.54) is 10.9 Å². The highest BCUT2D eigenvalue weighted by Crippen LogP contribution is 2.26. The van der Waals surface area contributed by atoms with E-state index in [9.17, 15) is 9.59 Å². The largest absolute Gasteiger partial charge is 0.357 e. The summed E-state index contributed by atoms with van der Waals surface area (Å²) in [6.07, 6.45) is 5.05. The van der Waals surface area contributed by atoms with E-state index in [1.807, 2.05) is 12.1 Å². The van der Waals surface area contributed by atoms with Crippen LogP contribution in [0, 0.1) is 5.92 Å². The fraction of sp³-hybridized carbons (Fsp3) is 0.545. The van der Waals surface area contributed by atoms with Crippen LogP contribution in [-0.2, 0) is 22.6 Å². The Kier molecular flexibility index (Phi) is 6.16. The smallest absolute Gasteiger partial charge is 0.237 e. The molecule has 1 fully saturated rings. The predicted molar refractivity (Wildman–Crippen MR) is 113 cm³/mol. The van der Waals surface area contributed by atoms with E-state index in [1.54, 1.807) is 0 Å². The van der Waals surface area contributed by atoms with Crippen LogP contribution in [0.4, 0.5) is 0 Å². The average molecular weight is 398 g/mol. The molecule has 0 bridgehead atoms. The van der Waals surface area contributed by atoms with Gasteiger partial charge < -0.3 is 21.4 Å². The van der Waals surface area contributed by atoms with Crippen molar-refractivity contribution in [3.8, 4) is 0 Å². The average Bonchev–Trinajstić information content (AvgIpc) is 3.31. The number of nitrogens with two attached hydrogens (primary N) is 1. The van der Waals surface area contributed by atoms with Crippen LogP contribution in [0.15, 0.2) is 24.3 Å². The Bertz CT molecular complexity index is 877. The molecular formula is C22H31N5O2. The van der Waals surface area contributed by atoms with Crippen molar-refractivity contribution in [2.24, 2.45) is 11.7 Å². The van der Waals surface area contributed by atoms with Crippen LogP contribution in [0.3, 0.4) is 0 Å². The lowest BCUT2D eigenvalue weighted by molar-refractivity contribution is -0.124. The van der Waals surface area contributed by atoms with Gasteiger partial charge in [0.15, 0.2) is 0 Å². The van der Waals surface area contributed by atoms with Gasteiger partial charge in [0.25, 0.3) is 0 Å². The van der Waals surface area contributed by atoms with Crippen LogP contribution < -0.4 is 21.7 Å². The summed E-state index contributed by atoms with van der Waals surface area (Å²) in [4.78, 5) is 28.0. The number of hydrogen-bond donors (Lipinski definition) is 5. The number of hydrogen-bond acceptors (Lipinski definition) is 4. The Morgan fingerprint density at radius 1 is 1.17 bits per heavy atom. The second-order valence-electron chi connectivity index (χ2n) is 8.32. The molecule has 7 heteroatoms. The van der Waals surface area contributed by atoms with Crippen LogP contribution in [0.25, 0.3) is 10.9 Å². The van der Waals surface area contributed by atoms with Crippen molar-refractivity contribution < 1.29 is 9.59 Å². The molecule has 1 saturated carbocycles. The fourth-order valence-corrected chi connectivity index (χ4v) is 4.56. The number of H-pyrrole nitrogens is 1. The van der Waals surface area contributed by atoms with E-state index in [0.717, 1.165) is 30.5 Å². The van der Waals surface area contributed by atoms with Crippen molar-refractivity contribution in [1.82, 2.24) is 20.9 Å². The molecule has 1 aromatic carbocycles. The Morgan fingerprint density at radius 2 is 2.03 bits per heavy atom. The van der Waals surface area contributed by atoms with Gasteiger partial charge in [-0.3, -0.25) is 14.9 Å². The van der Waals surface area contributed by atoms with Crippen LogP contribution in [0.1, 0.15) is 43.4 Å². The summed E-state index contributed by atoms with van der Waals surface area (Å²) in [5.74, 6) is 0.446. The van der Waals surface area contributed by atoms with Gasteiger partial charge in [-0.1, -0.05) is 24.6 Å². The summed E-state index contributed by atoms with van der Waals surface area (Å²) in [6, 6.07) is 8.18. The number of benzene rings is 1. The molecule has 0 saturated heterocycles.